The van der Waals surface area contributed by atoms with Gasteiger partial charge in [0.2, 0.25) is 0 Å². The Morgan fingerprint density at radius 2 is 2.00 bits per heavy atom. The molecule has 0 unspecified atom stereocenters. The van der Waals surface area contributed by atoms with E-state index in [0.29, 0.717) is 26.1 Å². The number of benzene rings is 1. The number of carbonyl (C=O) groups excluding carboxylic acids is 1. The maximum absolute atomic E-state index is 13.2. The van der Waals surface area contributed by atoms with E-state index in [1.807, 2.05) is 6.92 Å². The van der Waals surface area contributed by atoms with Gasteiger partial charge in [-0.2, -0.15) is 0 Å². The lowest BCUT2D eigenvalue weighted by molar-refractivity contribution is -0.144. The van der Waals surface area contributed by atoms with Gasteiger partial charge in [0.1, 0.15) is 13.2 Å². The van der Waals surface area contributed by atoms with Gasteiger partial charge in [0.05, 0.1) is 0 Å². The van der Waals surface area contributed by atoms with Gasteiger partial charge < -0.3 is 14.2 Å². The summed E-state index contributed by atoms with van der Waals surface area (Å²) in [5.41, 5.74) is 0. The highest BCUT2D eigenvalue weighted by Gasteiger charge is 2.04. The van der Waals surface area contributed by atoms with Gasteiger partial charge in [-0.3, -0.25) is 4.79 Å². The Bertz CT molecular complexity index is 381. The maximum atomic E-state index is 13.2. The van der Waals surface area contributed by atoms with E-state index >= 15 is 0 Å². The molecule has 0 fully saturated rings. The molecule has 0 N–H and O–H groups in total. The van der Waals surface area contributed by atoms with Crippen molar-refractivity contribution in [1.29, 1.82) is 0 Å². The topological polar surface area (TPSA) is 44.8 Å². The highest BCUT2D eigenvalue weighted by Crippen LogP contribution is 2.14. The first-order valence-electron chi connectivity index (χ1n) is 6.34. The van der Waals surface area contributed by atoms with E-state index < -0.39 is 5.82 Å². The van der Waals surface area contributed by atoms with Gasteiger partial charge in [-0.1, -0.05) is 12.1 Å². The first kappa shape index (κ1) is 15.4. The summed E-state index contributed by atoms with van der Waals surface area (Å²) < 4.78 is 28.4. The van der Waals surface area contributed by atoms with E-state index in [-0.39, 0.29) is 24.9 Å². The lowest BCUT2D eigenvalue weighted by Crippen LogP contribution is -2.13. The fraction of sp³-hybridized carbons (Fsp3) is 0.500. The second-order valence-electron chi connectivity index (χ2n) is 3.80. The minimum atomic E-state index is -0.425. The molecule has 106 valence electrons. The second-order valence-corrected chi connectivity index (χ2v) is 3.80. The molecule has 4 nitrogen and oxygen atoms in total. The van der Waals surface area contributed by atoms with Gasteiger partial charge in [-0.25, -0.2) is 4.39 Å². The van der Waals surface area contributed by atoms with Crippen molar-refractivity contribution in [3.05, 3.63) is 30.1 Å². The predicted octanol–water partition coefficient (Wildman–Crippen LogP) is 2.56. The van der Waals surface area contributed by atoms with Crippen LogP contribution in [0, 0.1) is 5.82 Å². The van der Waals surface area contributed by atoms with Crippen LogP contribution in [-0.4, -0.2) is 32.4 Å². The van der Waals surface area contributed by atoms with Gasteiger partial charge in [0.15, 0.2) is 11.6 Å². The molecule has 0 bridgehead atoms. The van der Waals surface area contributed by atoms with Gasteiger partial charge in [0, 0.05) is 19.6 Å². The molecule has 0 atom stereocenters. The number of para-hydroxylation sites is 1. The van der Waals surface area contributed by atoms with Gasteiger partial charge in [-0.05, 0) is 25.5 Å². The average Bonchev–Trinajstić information content (AvgIpc) is 2.41. The van der Waals surface area contributed by atoms with Gasteiger partial charge in [-0.15, -0.1) is 0 Å². The maximum Gasteiger partial charge on any atom is 0.305 e. The Labute approximate surface area is 112 Å². The molecule has 19 heavy (non-hydrogen) atoms. The lowest BCUT2D eigenvalue weighted by atomic mass is 10.3. The Morgan fingerprint density at radius 3 is 2.74 bits per heavy atom. The van der Waals surface area contributed by atoms with Crippen LogP contribution in [0.5, 0.6) is 5.75 Å². The minimum Gasteiger partial charge on any atom is -0.487 e. The van der Waals surface area contributed by atoms with Crippen molar-refractivity contribution >= 4 is 5.97 Å². The zero-order valence-corrected chi connectivity index (χ0v) is 11.1. The summed E-state index contributed by atoms with van der Waals surface area (Å²) in [4.78, 5) is 11.3. The molecule has 0 saturated carbocycles. The molecule has 1 aromatic carbocycles. The molecule has 0 aliphatic carbocycles. The van der Waals surface area contributed by atoms with E-state index in [0.717, 1.165) is 0 Å². The fourth-order valence-corrected chi connectivity index (χ4v) is 1.40. The van der Waals surface area contributed by atoms with E-state index in [9.17, 15) is 9.18 Å². The fourth-order valence-electron chi connectivity index (χ4n) is 1.40. The standard InChI is InChI=1S/C14H19FO4/c1-2-17-9-5-8-14(16)19-11-10-18-13-7-4-3-6-12(13)15/h3-4,6-7H,2,5,8-11H2,1H3. The molecule has 0 aliphatic heterocycles. The summed E-state index contributed by atoms with van der Waals surface area (Å²) in [6.07, 6.45) is 0.959. The molecular formula is C14H19FO4. The van der Waals surface area contributed by atoms with Crippen LogP contribution >= 0.6 is 0 Å². The monoisotopic (exact) mass is 270 g/mol. The zero-order valence-electron chi connectivity index (χ0n) is 11.1. The average molecular weight is 270 g/mol. The van der Waals surface area contributed by atoms with Crippen LogP contribution in [0.1, 0.15) is 19.8 Å². The summed E-state index contributed by atoms with van der Waals surface area (Å²) in [5, 5.41) is 0. The van der Waals surface area contributed by atoms with Crippen molar-refractivity contribution in [3.63, 3.8) is 0 Å². The molecule has 0 amide bonds. The van der Waals surface area contributed by atoms with Crippen molar-refractivity contribution < 1.29 is 23.4 Å². The highest BCUT2D eigenvalue weighted by atomic mass is 19.1. The van der Waals surface area contributed by atoms with Crippen LogP contribution in [0.25, 0.3) is 0 Å². The molecular weight excluding hydrogens is 251 g/mol. The summed E-state index contributed by atoms with van der Waals surface area (Å²) in [5.74, 6) is -0.558. The minimum absolute atomic E-state index is 0.113. The Balaban J connectivity index is 2.07. The second kappa shape index (κ2) is 9.33. The number of carbonyl (C=O) groups is 1. The molecule has 0 spiro atoms. The number of rotatable bonds is 9. The van der Waals surface area contributed by atoms with Crippen molar-refractivity contribution in [2.45, 2.75) is 19.8 Å². The molecule has 0 heterocycles. The molecule has 0 aliphatic rings. The number of ether oxygens (including phenoxy) is 3. The molecule has 5 heteroatoms. The molecule has 0 radical (unpaired) electrons. The number of halogens is 1. The molecule has 1 rings (SSSR count). The van der Waals surface area contributed by atoms with E-state index in [1.165, 1.54) is 12.1 Å². The summed E-state index contributed by atoms with van der Waals surface area (Å²) in [6.45, 7) is 3.35. The van der Waals surface area contributed by atoms with Crippen LogP contribution in [0.4, 0.5) is 4.39 Å². The third-order valence-corrected chi connectivity index (χ3v) is 2.31. The van der Waals surface area contributed by atoms with E-state index in [2.05, 4.69) is 0 Å². The first-order chi connectivity index (χ1) is 9.24. The number of hydrogen-bond acceptors (Lipinski definition) is 4. The third-order valence-electron chi connectivity index (χ3n) is 2.31. The first-order valence-corrected chi connectivity index (χ1v) is 6.34. The van der Waals surface area contributed by atoms with Crippen molar-refractivity contribution in [2.75, 3.05) is 26.4 Å². The van der Waals surface area contributed by atoms with Crippen LogP contribution in [0.3, 0.4) is 0 Å². The normalized spacial score (nSPS) is 10.2. The van der Waals surface area contributed by atoms with Crippen LogP contribution in [-0.2, 0) is 14.3 Å². The Hall–Kier alpha value is -1.62. The van der Waals surface area contributed by atoms with Gasteiger partial charge >= 0.3 is 5.97 Å². The Morgan fingerprint density at radius 1 is 1.21 bits per heavy atom. The van der Waals surface area contributed by atoms with Gasteiger partial charge in [0.25, 0.3) is 0 Å². The quantitative estimate of drug-likeness (QED) is 0.511. The molecule has 0 saturated heterocycles. The van der Waals surface area contributed by atoms with Crippen molar-refractivity contribution in [3.8, 4) is 5.75 Å². The molecule has 0 aromatic heterocycles. The van der Waals surface area contributed by atoms with Crippen molar-refractivity contribution in [1.82, 2.24) is 0 Å². The van der Waals surface area contributed by atoms with Crippen LogP contribution < -0.4 is 4.74 Å². The predicted molar refractivity (Wildman–Crippen MR) is 68.6 cm³/mol. The SMILES string of the molecule is CCOCCCC(=O)OCCOc1ccccc1F. The summed E-state index contributed by atoms with van der Waals surface area (Å²) >= 11 is 0. The lowest BCUT2D eigenvalue weighted by Gasteiger charge is -2.08. The highest BCUT2D eigenvalue weighted by molar-refractivity contribution is 5.69. The van der Waals surface area contributed by atoms with E-state index in [1.54, 1.807) is 12.1 Å². The van der Waals surface area contributed by atoms with Crippen LogP contribution in [0.2, 0.25) is 0 Å². The largest absolute Gasteiger partial charge is 0.487 e. The smallest absolute Gasteiger partial charge is 0.305 e. The summed E-state index contributed by atoms with van der Waals surface area (Å²) in [7, 11) is 0. The number of esters is 1. The van der Waals surface area contributed by atoms with Crippen LogP contribution in [0.15, 0.2) is 24.3 Å². The Kier molecular flexibility index (Phi) is 7.58. The summed E-state index contributed by atoms with van der Waals surface area (Å²) in [6, 6.07) is 6.10. The zero-order chi connectivity index (χ0) is 13.9. The third kappa shape index (κ3) is 6.76. The van der Waals surface area contributed by atoms with E-state index in [4.69, 9.17) is 14.2 Å². The molecule has 1 aromatic rings. The van der Waals surface area contributed by atoms with Crippen molar-refractivity contribution in [2.24, 2.45) is 0 Å². The number of hydrogen-bond donors (Lipinski definition) is 0.